The summed E-state index contributed by atoms with van der Waals surface area (Å²) in [5, 5.41) is 3.25. The van der Waals surface area contributed by atoms with E-state index in [4.69, 9.17) is 4.74 Å². The molecular formula is C31H43N3O5S. The molecule has 3 saturated heterocycles. The Morgan fingerprint density at radius 3 is 2.40 bits per heavy atom. The monoisotopic (exact) mass is 569 g/mol. The van der Waals surface area contributed by atoms with Crippen molar-refractivity contribution in [2.75, 3.05) is 39.0 Å². The van der Waals surface area contributed by atoms with Gasteiger partial charge in [0.1, 0.15) is 6.10 Å². The Morgan fingerprint density at radius 1 is 1.05 bits per heavy atom. The molecule has 2 amide bonds. The summed E-state index contributed by atoms with van der Waals surface area (Å²) in [4.78, 5) is 31.1. The maximum Gasteiger partial charge on any atom is 0.249 e. The average Bonchev–Trinajstić information content (AvgIpc) is 3.26. The molecule has 0 aliphatic carbocycles. The lowest BCUT2D eigenvalue weighted by Crippen LogP contribution is -2.45. The molecule has 218 valence electrons. The number of hydrogen-bond acceptors (Lipinski definition) is 6. The van der Waals surface area contributed by atoms with E-state index < -0.39 is 9.84 Å². The zero-order valence-electron chi connectivity index (χ0n) is 23.4. The maximum absolute atomic E-state index is 13.5. The van der Waals surface area contributed by atoms with Gasteiger partial charge in [-0.3, -0.25) is 9.59 Å². The molecule has 3 heterocycles. The van der Waals surface area contributed by atoms with Gasteiger partial charge in [0.05, 0.1) is 16.4 Å². The van der Waals surface area contributed by atoms with Crippen molar-refractivity contribution in [3.8, 4) is 0 Å². The zero-order chi connectivity index (χ0) is 28.2. The van der Waals surface area contributed by atoms with Crippen LogP contribution in [0.5, 0.6) is 0 Å². The van der Waals surface area contributed by atoms with Gasteiger partial charge in [-0.2, -0.15) is 0 Å². The second kappa shape index (κ2) is 12.4. The summed E-state index contributed by atoms with van der Waals surface area (Å²) < 4.78 is 29.2. The summed E-state index contributed by atoms with van der Waals surface area (Å²) in [5.74, 6) is 0.204. The molecule has 3 aliphatic rings. The van der Waals surface area contributed by atoms with Crippen LogP contribution in [0, 0.1) is 5.41 Å². The summed E-state index contributed by atoms with van der Waals surface area (Å²) >= 11 is 0. The van der Waals surface area contributed by atoms with Crippen molar-refractivity contribution in [1.82, 2.24) is 15.1 Å². The van der Waals surface area contributed by atoms with Crippen LogP contribution in [0.3, 0.4) is 0 Å². The third-order valence-electron chi connectivity index (χ3n) is 8.86. The molecule has 0 saturated carbocycles. The molecule has 8 nitrogen and oxygen atoms in total. The minimum atomic E-state index is -3.23. The van der Waals surface area contributed by atoms with Gasteiger partial charge in [-0.05, 0) is 81.3 Å². The maximum atomic E-state index is 13.5. The number of nitrogens with zero attached hydrogens (tertiary/aromatic N) is 2. The number of rotatable bonds is 9. The lowest BCUT2D eigenvalue weighted by molar-refractivity contribution is -0.139. The summed E-state index contributed by atoms with van der Waals surface area (Å²) in [5.41, 5.74) is 1.75. The summed E-state index contributed by atoms with van der Waals surface area (Å²) in [7, 11) is -3.23. The number of sulfone groups is 1. The third-order valence-corrected chi connectivity index (χ3v) is 9.99. The number of likely N-dealkylation sites (tertiary alicyclic amines) is 2. The Labute approximate surface area is 239 Å². The number of amides is 2. The van der Waals surface area contributed by atoms with Crippen LogP contribution < -0.4 is 5.32 Å². The highest BCUT2D eigenvalue weighted by molar-refractivity contribution is 7.90. The van der Waals surface area contributed by atoms with Gasteiger partial charge in [0.25, 0.3) is 0 Å². The smallest absolute Gasteiger partial charge is 0.249 e. The van der Waals surface area contributed by atoms with Gasteiger partial charge >= 0.3 is 0 Å². The number of carbonyl (C=O) groups is 2. The van der Waals surface area contributed by atoms with E-state index in [2.05, 4.69) is 22.3 Å². The first-order chi connectivity index (χ1) is 19.2. The number of carbonyl (C=O) groups excluding carboxylic acids is 2. The van der Waals surface area contributed by atoms with Crippen LogP contribution in [0.1, 0.15) is 63.5 Å². The minimum Gasteiger partial charge on any atom is -0.368 e. The van der Waals surface area contributed by atoms with E-state index in [-0.39, 0.29) is 30.8 Å². The molecule has 3 aliphatic heterocycles. The van der Waals surface area contributed by atoms with Gasteiger partial charge in [-0.1, -0.05) is 42.5 Å². The lowest BCUT2D eigenvalue weighted by atomic mass is 9.77. The Kier molecular flexibility index (Phi) is 8.92. The van der Waals surface area contributed by atoms with E-state index in [1.807, 2.05) is 23.1 Å². The van der Waals surface area contributed by atoms with E-state index in [9.17, 15) is 18.0 Å². The van der Waals surface area contributed by atoms with Crippen molar-refractivity contribution in [3.05, 3.63) is 65.7 Å². The first-order valence-corrected chi connectivity index (χ1v) is 16.4. The van der Waals surface area contributed by atoms with E-state index >= 15 is 0 Å². The van der Waals surface area contributed by atoms with Crippen LogP contribution in [0.4, 0.5) is 0 Å². The molecule has 1 spiro atoms. The van der Waals surface area contributed by atoms with Gasteiger partial charge in [0.2, 0.25) is 11.8 Å². The number of hydrogen-bond donors (Lipinski definition) is 1. The molecular weight excluding hydrogens is 526 g/mol. The van der Waals surface area contributed by atoms with Crippen LogP contribution >= 0.6 is 0 Å². The van der Waals surface area contributed by atoms with E-state index in [0.717, 1.165) is 82.3 Å². The molecule has 9 heteroatoms. The number of benzene rings is 2. The fraction of sp³-hybridized carbons (Fsp3) is 0.548. The summed E-state index contributed by atoms with van der Waals surface area (Å²) in [6, 6.07) is 16.9. The fourth-order valence-corrected chi connectivity index (χ4v) is 6.94. The fourth-order valence-electron chi connectivity index (χ4n) is 6.31. The van der Waals surface area contributed by atoms with Crippen LogP contribution in [0.2, 0.25) is 0 Å². The predicted molar refractivity (Wildman–Crippen MR) is 155 cm³/mol. The minimum absolute atomic E-state index is 0. The van der Waals surface area contributed by atoms with E-state index in [0.29, 0.717) is 18.0 Å². The molecule has 1 unspecified atom stereocenters. The quantitative estimate of drug-likeness (QED) is 0.491. The van der Waals surface area contributed by atoms with Gasteiger partial charge in [-0.15, -0.1) is 0 Å². The SMILES string of the molecule is CS(=O)(=O)c1ccc(CN2CCC3(CCN(CC[C@H](NC(=O)C4CCCCO4)c4ccccc4)CC3)C2=O)cc1.[HH]. The first-order valence-electron chi connectivity index (χ1n) is 14.5. The highest BCUT2D eigenvalue weighted by atomic mass is 32.2. The van der Waals surface area contributed by atoms with Gasteiger partial charge in [0.15, 0.2) is 9.84 Å². The number of nitrogens with one attached hydrogen (secondary N) is 1. The van der Waals surface area contributed by atoms with Crippen molar-refractivity contribution >= 4 is 21.7 Å². The number of ether oxygens (including phenoxy) is 1. The van der Waals surface area contributed by atoms with Crippen molar-refractivity contribution in [2.45, 2.75) is 68.5 Å². The molecule has 0 radical (unpaired) electrons. The Balaban J connectivity index is 0.00000387. The molecule has 5 rings (SSSR count). The van der Waals surface area contributed by atoms with Crippen molar-refractivity contribution < 1.29 is 24.2 Å². The van der Waals surface area contributed by atoms with Crippen molar-refractivity contribution in [2.24, 2.45) is 5.41 Å². The largest absolute Gasteiger partial charge is 0.368 e. The van der Waals surface area contributed by atoms with E-state index in [1.165, 1.54) is 6.26 Å². The highest BCUT2D eigenvalue weighted by Gasteiger charge is 2.47. The second-order valence-electron chi connectivity index (χ2n) is 11.6. The molecule has 1 N–H and O–H groups in total. The van der Waals surface area contributed by atoms with Crippen molar-refractivity contribution in [1.29, 1.82) is 0 Å². The number of piperidine rings is 1. The summed E-state index contributed by atoms with van der Waals surface area (Å²) in [6.45, 7) is 4.48. The topological polar surface area (TPSA) is 96.0 Å². The van der Waals surface area contributed by atoms with Crippen molar-refractivity contribution in [3.63, 3.8) is 0 Å². The zero-order valence-corrected chi connectivity index (χ0v) is 24.2. The van der Waals surface area contributed by atoms with Crippen LogP contribution in [0.15, 0.2) is 59.5 Å². The molecule has 3 fully saturated rings. The van der Waals surface area contributed by atoms with Gasteiger partial charge in [-0.25, -0.2) is 8.42 Å². The van der Waals surface area contributed by atoms with E-state index in [1.54, 1.807) is 24.3 Å². The summed E-state index contributed by atoms with van der Waals surface area (Å²) in [6.07, 6.45) is 7.01. The van der Waals surface area contributed by atoms with Gasteiger partial charge in [0, 0.05) is 33.9 Å². The Hall–Kier alpha value is -2.75. The highest BCUT2D eigenvalue weighted by Crippen LogP contribution is 2.42. The first kappa shape index (κ1) is 28.8. The van der Waals surface area contributed by atoms with Crippen LogP contribution in [0.25, 0.3) is 0 Å². The molecule has 2 aromatic carbocycles. The molecule has 40 heavy (non-hydrogen) atoms. The molecule has 2 aromatic rings. The lowest BCUT2D eigenvalue weighted by Gasteiger charge is -2.38. The Morgan fingerprint density at radius 2 is 1.75 bits per heavy atom. The molecule has 0 bridgehead atoms. The van der Waals surface area contributed by atoms with Crippen LogP contribution in [-0.4, -0.2) is 75.2 Å². The third kappa shape index (κ3) is 6.75. The van der Waals surface area contributed by atoms with Crippen LogP contribution in [-0.2, 0) is 30.7 Å². The second-order valence-corrected chi connectivity index (χ2v) is 13.6. The van der Waals surface area contributed by atoms with Gasteiger partial charge < -0.3 is 19.9 Å². The standard InChI is InChI=1S/C31H41N3O5S.H2/c1-40(37,38)26-12-10-24(11-13-26)23-34-21-17-31(30(34)36)15-19-33(20-16-31)18-14-27(25-7-3-2-4-8-25)32-29(35)28-9-5-6-22-39-28;/h2-4,7-8,10-13,27-28H,5-6,9,14-23H2,1H3,(H,32,35);1H/t27-,28?;/m0./s1. The molecule has 2 atom stereocenters. The normalized spacial score (nSPS) is 22.4. The molecule has 0 aromatic heterocycles. The Bertz CT molecular complexity index is 1270. The average molecular weight is 570 g/mol. The predicted octanol–water partition coefficient (Wildman–Crippen LogP) is 3.97.